The van der Waals surface area contributed by atoms with Crippen LogP contribution in [0, 0.1) is 5.92 Å². The molecule has 0 aromatic heterocycles. The molecule has 0 spiro atoms. The van der Waals surface area contributed by atoms with E-state index in [1.165, 1.54) is 11.1 Å². The molecular formula is C12H16N2. The Balaban J connectivity index is 2.13. The molecule has 0 bridgehead atoms. The first-order valence-corrected chi connectivity index (χ1v) is 5.12. The summed E-state index contributed by atoms with van der Waals surface area (Å²) in [4.78, 5) is 0. The number of hydrogen-bond acceptors (Lipinski definition) is 2. The summed E-state index contributed by atoms with van der Waals surface area (Å²) in [7, 11) is 0. The molecule has 0 N–H and O–H groups in total. The van der Waals surface area contributed by atoms with E-state index in [0.29, 0.717) is 5.92 Å². The zero-order valence-corrected chi connectivity index (χ0v) is 8.77. The maximum absolute atomic E-state index is 4.42. The van der Waals surface area contributed by atoms with Gasteiger partial charge in [0.05, 0.1) is 12.8 Å². The quantitative estimate of drug-likeness (QED) is 0.696. The zero-order valence-electron chi connectivity index (χ0n) is 8.77. The van der Waals surface area contributed by atoms with Crippen molar-refractivity contribution < 1.29 is 0 Å². The first-order valence-electron chi connectivity index (χ1n) is 5.12. The smallest absolute Gasteiger partial charge is 0.0617 e. The number of hydrazone groups is 1. The van der Waals surface area contributed by atoms with Crippen molar-refractivity contribution in [2.24, 2.45) is 11.0 Å². The maximum atomic E-state index is 4.42. The Kier molecular flexibility index (Phi) is 2.53. The van der Waals surface area contributed by atoms with Gasteiger partial charge < -0.3 is 0 Å². The average Bonchev–Trinajstić information content (AvgIpc) is 2.17. The Morgan fingerprint density at radius 1 is 1.36 bits per heavy atom. The SMILES string of the molecule is CC(C)CN1Cc2ccccc2C=N1. The molecule has 0 saturated heterocycles. The molecule has 0 amide bonds. The number of nitrogens with zero attached hydrogens (tertiary/aromatic N) is 2. The second-order valence-electron chi connectivity index (χ2n) is 4.18. The van der Waals surface area contributed by atoms with E-state index < -0.39 is 0 Å². The van der Waals surface area contributed by atoms with Crippen LogP contribution in [0.25, 0.3) is 0 Å². The minimum Gasteiger partial charge on any atom is -0.292 e. The molecule has 2 heteroatoms. The Labute approximate surface area is 85.2 Å². The third-order valence-electron chi connectivity index (χ3n) is 2.34. The number of rotatable bonds is 2. The van der Waals surface area contributed by atoms with E-state index in [4.69, 9.17) is 0 Å². The van der Waals surface area contributed by atoms with Crippen molar-refractivity contribution in [3.63, 3.8) is 0 Å². The lowest BCUT2D eigenvalue weighted by Gasteiger charge is -2.25. The average molecular weight is 188 g/mol. The minimum atomic E-state index is 0.664. The van der Waals surface area contributed by atoms with Crippen LogP contribution in [0.2, 0.25) is 0 Å². The first-order chi connectivity index (χ1) is 6.75. The maximum Gasteiger partial charge on any atom is 0.0617 e. The van der Waals surface area contributed by atoms with Gasteiger partial charge in [0.15, 0.2) is 0 Å². The molecule has 0 fully saturated rings. The molecule has 1 aliphatic rings. The van der Waals surface area contributed by atoms with Crippen LogP contribution in [0.3, 0.4) is 0 Å². The highest BCUT2D eigenvalue weighted by molar-refractivity contribution is 5.82. The summed E-state index contributed by atoms with van der Waals surface area (Å²) >= 11 is 0. The normalized spacial score (nSPS) is 14.6. The fraction of sp³-hybridized carbons (Fsp3) is 0.417. The van der Waals surface area contributed by atoms with Gasteiger partial charge in [0.25, 0.3) is 0 Å². The van der Waals surface area contributed by atoms with E-state index in [-0.39, 0.29) is 0 Å². The fourth-order valence-electron chi connectivity index (χ4n) is 1.72. The van der Waals surface area contributed by atoms with E-state index in [2.05, 4.69) is 48.2 Å². The lowest BCUT2D eigenvalue weighted by atomic mass is 10.1. The third-order valence-corrected chi connectivity index (χ3v) is 2.34. The Morgan fingerprint density at radius 2 is 2.14 bits per heavy atom. The van der Waals surface area contributed by atoms with Gasteiger partial charge in [0.1, 0.15) is 0 Å². The summed E-state index contributed by atoms with van der Waals surface area (Å²) in [5.41, 5.74) is 2.63. The van der Waals surface area contributed by atoms with Crippen LogP contribution in [0.15, 0.2) is 29.4 Å². The van der Waals surface area contributed by atoms with Crippen molar-refractivity contribution in [3.8, 4) is 0 Å². The van der Waals surface area contributed by atoms with Gasteiger partial charge >= 0.3 is 0 Å². The molecular weight excluding hydrogens is 172 g/mol. The van der Waals surface area contributed by atoms with Crippen LogP contribution in [0.1, 0.15) is 25.0 Å². The molecule has 0 radical (unpaired) electrons. The molecule has 0 saturated carbocycles. The van der Waals surface area contributed by atoms with Crippen LogP contribution in [0.4, 0.5) is 0 Å². The van der Waals surface area contributed by atoms with E-state index in [1.54, 1.807) is 0 Å². The van der Waals surface area contributed by atoms with Crippen LogP contribution in [-0.2, 0) is 6.54 Å². The van der Waals surface area contributed by atoms with Gasteiger partial charge in [0, 0.05) is 6.54 Å². The van der Waals surface area contributed by atoms with E-state index in [9.17, 15) is 0 Å². The summed E-state index contributed by atoms with van der Waals surface area (Å²) in [6.45, 7) is 6.42. The van der Waals surface area contributed by atoms with Crippen molar-refractivity contribution in [1.29, 1.82) is 0 Å². The van der Waals surface area contributed by atoms with E-state index in [1.807, 2.05) is 6.21 Å². The minimum absolute atomic E-state index is 0.664. The Morgan fingerprint density at radius 3 is 2.93 bits per heavy atom. The molecule has 0 atom stereocenters. The van der Waals surface area contributed by atoms with Gasteiger partial charge in [-0.3, -0.25) is 5.01 Å². The molecule has 2 rings (SSSR count). The van der Waals surface area contributed by atoms with Gasteiger partial charge in [-0.25, -0.2) is 0 Å². The van der Waals surface area contributed by atoms with Gasteiger partial charge in [-0.2, -0.15) is 5.10 Å². The van der Waals surface area contributed by atoms with Gasteiger partial charge in [0.2, 0.25) is 0 Å². The van der Waals surface area contributed by atoms with Crippen LogP contribution < -0.4 is 0 Å². The lowest BCUT2D eigenvalue weighted by molar-refractivity contribution is 0.245. The summed E-state index contributed by atoms with van der Waals surface area (Å²) in [6.07, 6.45) is 1.96. The molecule has 1 heterocycles. The van der Waals surface area contributed by atoms with E-state index >= 15 is 0 Å². The lowest BCUT2D eigenvalue weighted by Crippen LogP contribution is -2.25. The molecule has 1 aliphatic heterocycles. The monoisotopic (exact) mass is 188 g/mol. The Bertz CT molecular complexity index is 342. The molecule has 74 valence electrons. The fourth-order valence-corrected chi connectivity index (χ4v) is 1.72. The zero-order chi connectivity index (χ0) is 9.97. The van der Waals surface area contributed by atoms with Crippen LogP contribution in [0.5, 0.6) is 0 Å². The molecule has 1 aromatic carbocycles. The number of fused-ring (bicyclic) bond motifs is 1. The first kappa shape index (κ1) is 9.25. The summed E-state index contributed by atoms with van der Waals surface area (Å²) < 4.78 is 0. The van der Waals surface area contributed by atoms with Crippen molar-refractivity contribution in [1.82, 2.24) is 5.01 Å². The van der Waals surface area contributed by atoms with Crippen molar-refractivity contribution in [3.05, 3.63) is 35.4 Å². The Hall–Kier alpha value is -1.31. The van der Waals surface area contributed by atoms with Crippen LogP contribution in [-0.4, -0.2) is 17.8 Å². The molecule has 14 heavy (non-hydrogen) atoms. The predicted octanol–water partition coefficient (Wildman–Crippen LogP) is 2.49. The second kappa shape index (κ2) is 3.82. The number of hydrogen-bond donors (Lipinski definition) is 0. The van der Waals surface area contributed by atoms with Crippen LogP contribution >= 0.6 is 0 Å². The molecule has 2 nitrogen and oxygen atoms in total. The molecule has 0 aliphatic carbocycles. The summed E-state index contributed by atoms with van der Waals surface area (Å²) in [6, 6.07) is 8.44. The summed E-state index contributed by atoms with van der Waals surface area (Å²) in [5, 5.41) is 6.55. The predicted molar refractivity (Wildman–Crippen MR) is 59.3 cm³/mol. The van der Waals surface area contributed by atoms with E-state index in [0.717, 1.165) is 13.1 Å². The highest BCUT2D eigenvalue weighted by atomic mass is 15.4. The second-order valence-corrected chi connectivity index (χ2v) is 4.18. The molecule has 1 aromatic rings. The number of benzene rings is 1. The van der Waals surface area contributed by atoms with Gasteiger partial charge in [-0.05, 0) is 17.0 Å². The summed E-state index contributed by atoms with van der Waals surface area (Å²) in [5.74, 6) is 0.664. The standard InChI is InChI=1S/C12H16N2/c1-10(2)8-14-9-12-6-4-3-5-11(12)7-13-14/h3-7,10H,8-9H2,1-2H3. The van der Waals surface area contributed by atoms with Crippen molar-refractivity contribution in [2.75, 3.05) is 6.54 Å². The highest BCUT2D eigenvalue weighted by Crippen LogP contribution is 2.15. The largest absolute Gasteiger partial charge is 0.292 e. The van der Waals surface area contributed by atoms with Gasteiger partial charge in [-0.15, -0.1) is 0 Å². The topological polar surface area (TPSA) is 15.6 Å². The third kappa shape index (κ3) is 1.95. The molecule has 0 unspecified atom stereocenters. The highest BCUT2D eigenvalue weighted by Gasteiger charge is 2.11. The van der Waals surface area contributed by atoms with Crippen molar-refractivity contribution >= 4 is 6.21 Å². The van der Waals surface area contributed by atoms with Crippen molar-refractivity contribution in [2.45, 2.75) is 20.4 Å². The van der Waals surface area contributed by atoms with Gasteiger partial charge in [-0.1, -0.05) is 38.1 Å².